The molecule has 0 aliphatic carbocycles. The van der Waals surface area contributed by atoms with E-state index in [9.17, 15) is 0 Å². The Morgan fingerprint density at radius 2 is 2.00 bits per heavy atom. The second kappa shape index (κ2) is 7.48. The van der Waals surface area contributed by atoms with Crippen molar-refractivity contribution in [2.24, 2.45) is 16.3 Å². The Kier molecular flexibility index (Phi) is 7.07. The van der Waals surface area contributed by atoms with Gasteiger partial charge in [0, 0.05) is 12.0 Å². The normalized spacial score (nSPS) is 13.1. The van der Waals surface area contributed by atoms with Gasteiger partial charge < -0.3 is 21.4 Å². The molecule has 0 amide bonds. The van der Waals surface area contributed by atoms with Crippen molar-refractivity contribution >= 4 is 5.84 Å². The first-order valence-corrected chi connectivity index (χ1v) is 5.34. The molecule has 0 bridgehead atoms. The summed E-state index contributed by atoms with van der Waals surface area (Å²) in [6, 6.07) is 0. The van der Waals surface area contributed by atoms with Gasteiger partial charge in [0.1, 0.15) is 5.84 Å². The Balaban J connectivity index is 3.58. The summed E-state index contributed by atoms with van der Waals surface area (Å²) in [6.45, 7) is 5.85. The van der Waals surface area contributed by atoms with Crippen molar-refractivity contribution in [2.75, 3.05) is 19.7 Å². The van der Waals surface area contributed by atoms with Crippen LogP contribution in [0.2, 0.25) is 0 Å². The summed E-state index contributed by atoms with van der Waals surface area (Å²) in [5, 5.41) is 23.4. The van der Waals surface area contributed by atoms with Crippen LogP contribution in [0.25, 0.3) is 0 Å². The number of aliphatic hydroxyl groups is 1. The lowest BCUT2D eigenvalue weighted by Crippen LogP contribution is -2.35. The Morgan fingerprint density at radius 1 is 1.33 bits per heavy atom. The predicted octanol–water partition coefficient (Wildman–Crippen LogP) is 0.511. The van der Waals surface area contributed by atoms with Gasteiger partial charge in [-0.15, -0.1) is 0 Å². The monoisotopic (exact) mass is 217 g/mol. The molecule has 0 aliphatic rings. The molecule has 0 fully saturated rings. The molecule has 0 saturated heterocycles. The van der Waals surface area contributed by atoms with Crippen LogP contribution in [0.4, 0.5) is 0 Å². The molecule has 0 radical (unpaired) electrons. The zero-order chi connectivity index (χ0) is 11.7. The Hall–Kier alpha value is -0.810. The lowest BCUT2D eigenvalue weighted by molar-refractivity contribution is 0.283. The van der Waals surface area contributed by atoms with Gasteiger partial charge in [0.2, 0.25) is 0 Å². The van der Waals surface area contributed by atoms with Gasteiger partial charge in [-0.05, 0) is 32.4 Å². The van der Waals surface area contributed by atoms with Crippen molar-refractivity contribution in [1.29, 1.82) is 0 Å². The highest BCUT2D eigenvalue weighted by molar-refractivity contribution is 5.85. The van der Waals surface area contributed by atoms with Gasteiger partial charge in [0.25, 0.3) is 0 Å². The number of hydrogen-bond acceptors (Lipinski definition) is 4. The molecule has 0 unspecified atom stereocenters. The van der Waals surface area contributed by atoms with Gasteiger partial charge in [0.05, 0.1) is 0 Å². The molecule has 90 valence electrons. The highest BCUT2D eigenvalue weighted by Crippen LogP contribution is 2.19. The van der Waals surface area contributed by atoms with Crippen molar-refractivity contribution in [1.82, 2.24) is 5.32 Å². The summed E-state index contributed by atoms with van der Waals surface area (Å²) in [6.07, 6.45) is 2.62. The minimum Gasteiger partial charge on any atom is -0.409 e. The molecular formula is C10H23N3O2. The number of rotatable bonds is 8. The molecule has 0 heterocycles. The van der Waals surface area contributed by atoms with E-state index in [0.717, 1.165) is 32.4 Å². The van der Waals surface area contributed by atoms with Crippen LogP contribution >= 0.6 is 0 Å². The summed E-state index contributed by atoms with van der Waals surface area (Å²) in [5.41, 5.74) is 5.27. The Labute approximate surface area is 91.4 Å². The van der Waals surface area contributed by atoms with Crippen LogP contribution in [0.3, 0.4) is 0 Å². The Morgan fingerprint density at radius 3 is 2.53 bits per heavy atom. The minimum atomic E-state index is -0.279. The molecule has 5 heteroatoms. The number of unbranched alkanes of at least 4 members (excludes halogenated alkanes) is 1. The highest BCUT2D eigenvalue weighted by atomic mass is 16.4. The molecule has 0 atom stereocenters. The summed E-state index contributed by atoms with van der Waals surface area (Å²) < 4.78 is 0. The van der Waals surface area contributed by atoms with Crippen LogP contribution in [0, 0.1) is 5.41 Å². The number of amidine groups is 1. The van der Waals surface area contributed by atoms with E-state index in [0.29, 0.717) is 0 Å². The van der Waals surface area contributed by atoms with Crippen LogP contribution in [0.5, 0.6) is 0 Å². The van der Waals surface area contributed by atoms with E-state index in [4.69, 9.17) is 16.0 Å². The van der Waals surface area contributed by atoms with Crippen molar-refractivity contribution in [3.8, 4) is 0 Å². The maximum Gasteiger partial charge on any atom is 0.144 e. The first-order valence-electron chi connectivity index (χ1n) is 5.34. The van der Waals surface area contributed by atoms with E-state index in [1.165, 1.54) is 0 Å². The molecule has 0 spiro atoms. The van der Waals surface area contributed by atoms with Gasteiger partial charge in [-0.3, -0.25) is 0 Å². The Bertz CT molecular complexity index is 193. The van der Waals surface area contributed by atoms with Crippen LogP contribution < -0.4 is 11.1 Å². The number of nitrogens with zero attached hydrogens (tertiary/aromatic N) is 1. The van der Waals surface area contributed by atoms with E-state index in [2.05, 4.69) is 10.5 Å². The van der Waals surface area contributed by atoms with Crippen molar-refractivity contribution in [3.63, 3.8) is 0 Å². The van der Waals surface area contributed by atoms with Crippen molar-refractivity contribution in [2.45, 2.75) is 33.1 Å². The van der Waals surface area contributed by atoms with Crippen LogP contribution in [-0.4, -0.2) is 35.8 Å². The van der Waals surface area contributed by atoms with Crippen molar-refractivity contribution < 1.29 is 10.3 Å². The zero-order valence-corrected chi connectivity index (χ0v) is 9.66. The van der Waals surface area contributed by atoms with Gasteiger partial charge in [-0.1, -0.05) is 19.0 Å². The third-order valence-corrected chi connectivity index (χ3v) is 2.49. The fourth-order valence-electron chi connectivity index (χ4n) is 1.15. The van der Waals surface area contributed by atoms with E-state index in [1.54, 1.807) is 0 Å². The molecule has 5 nitrogen and oxygen atoms in total. The maximum absolute atomic E-state index is 8.57. The predicted molar refractivity (Wildman–Crippen MR) is 61.0 cm³/mol. The molecule has 0 aromatic rings. The second-order valence-electron chi connectivity index (χ2n) is 4.30. The quantitative estimate of drug-likeness (QED) is 0.157. The molecule has 0 saturated carbocycles. The number of hydrogen-bond donors (Lipinski definition) is 4. The molecular weight excluding hydrogens is 194 g/mol. The molecule has 0 aromatic heterocycles. The topological polar surface area (TPSA) is 90.9 Å². The number of nitrogens with two attached hydrogens (primary N) is 1. The average Bonchev–Trinajstić information content (AvgIpc) is 2.22. The van der Waals surface area contributed by atoms with Gasteiger partial charge in [0.15, 0.2) is 0 Å². The summed E-state index contributed by atoms with van der Waals surface area (Å²) >= 11 is 0. The fraction of sp³-hybridized carbons (Fsp3) is 0.900. The molecule has 15 heavy (non-hydrogen) atoms. The first kappa shape index (κ1) is 14.2. The summed E-state index contributed by atoms with van der Waals surface area (Å²) in [5.74, 6) is 0.264. The van der Waals surface area contributed by atoms with E-state index in [-0.39, 0.29) is 17.9 Å². The number of aliphatic hydroxyl groups excluding tert-OH is 1. The first-order chi connectivity index (χ1) is 7.04. The molecule has 0 aromatic carbocycles. The zero-order valence-electron chi connectivity index (χ0n) is 9.66. The van der Waals surface area contributed by atoms with Gasteiger partial charge in [-0.2, -0.15) is 0 Å². The smallest absolute Gasteiger partial charge is 0.144 e. The lowest BCUT2D eigenvalue weighted by Gasteiger charge is -2.22. The fourth-order valence-corrected chi connectivity index (χ4v) is 1.15. The van der Waals surface area contributed by atoms with E-state index >= 15 is 0 Å². The van der Waals surface area contributed by atoms with Crippen molar-refractivity contribution in [3.05, 3.63) is 0 Å². The van der Waals surface area contributed by atoms with Crippen LogP contribution in [-0.2, 0) is 0 Å². The number of oxime groups is 1. The highest BCUT2D eigenvalue weighted by Gasteiger charge is 2.22. The average molecular weight is 217 g/mol. The minimum absolute atomic E-state index is 0.247. The molecule has 5 N–H and O–H groups in total. The summed E-state index contributed by atoms with van der Waals surface area (Å²) in [7, 11) is 0. The SMILES string of the molecule is CC(C)(CCNCCCCO)C(N)=NO. The molecule has 0 rings (SSSR count). The standard InChI is InChI=1S/C10H23N3O2/c1-10(2,9(11)13-15)5-7-12-6-3-4-8-14/h12,14-15H,3-8H2,1-2H3,(H2,11,13). The lowest BCUT2D eigenvalue weighted by atomic mass is 9.88. The maximum atomic E-state index is 8.57. The summed E-state index contributed by atoms with van der Waals surface area (Å²) in [4.78, 5) is 0. The molecule has 0 aliphatic heterocycles. The van der Waals surface area contributed by atoms with Crippen LogP contribution in [0.1, 0.15) is 33.1 Å². The van der Waals surface area contributed by atoms with Gasteiger partial charge in [-0.25, -0.2) is 0 Å². The third kappa shape index (κ3) is 6.30. The van der Waals surface area contributed by atoms with Crippen LogP contribution in [0.15, 0.2) is 5.16 Å². The van der Waals surface area contributed by atoms with Gasteiger partial charge >= 0.3 is 0 Å². The van der Waals surface area contributed by atoms with E-state index in [1.807, 2.05) is 13.8 Å². The number of nitrogens with one attached hydrogen (secondary N) is 1. The van der Waals surface area contributed by atoms with E-state index < -0.39 is 0 Å². The second-order valence-corrected chi connectivity index (χ2v) is 4.30. The third-order valence-electron chi connectivity index (χ3n) is 2.49. The largest absolute Gasteiger partial charge is 0.409 e.